The van der Waals surface area contributed by atoms with Crippen LogP contribution < -0.4 is 4.90 Å². The molecule has 0 saturated carbocycles. The van der Waals surface area contributed by atoms with Gasteiger partial charge < -0.3 is 14.7 Å². The molecule has 0 aliphatic carbocycles. The monoisotopic (exact) mass is 421 g/mol. The third-order valence-electron chi connectivity index (χ3n) is 6.53. The van der Waals surface area contributed by atoms with Crippen molar-refractivity contribution in [1.29, 1.82) is 0 Å². The van der Waals surface area contributed by atoms with Crippen molar-refractivity contribution < 1.29 is 14.0 Å². The summed E-state index contributed by atoms with van der Waals surface area (Å²) in [7, 11) is 1.65. The Hall–Kier alpha value is -3.42. The smallest absolute Gasteiger partial charge is 0.325 e. The summed E-state index contributed by atoms with van der Waals surface area (Å²) in [5.74, 6) is -0.0548. The van der Waals surface area contributed by atoms with Crippen LogP contribution in [-0.4, -0.2) is 64.9 Å². The van der Waals surface area contributed by atoms with E-state index < -0.39 is 24.1 Å². The van der Waals surface area contributed by atoms with Crippen molar-refractivity contribution in [2.24, 2.45) is 4.99 Å². The molecule has 2 atom stereocenters. The lowest BCUT2D eigenvalue weighted by molar-refractivity contribution is -0.137. The fraction of sp³-hybridized carbons (Fsp3) is 0.348. The first kappa shape index (κ1) is 19.5. The van der Waals surface area contributed by atoms with Gasteiger partial charge in [0.15, 0.2) is 12.2 Å². The molecule has 160 valence electrons. The number of benzene rings is 2. The van der Waals surface area contributed by atoms with Crippen LogP contribution >= 0.6 is 0 Å². The van der Waals surface area contributed by atoms with E-state index in [9.17, 15) is 14.0 Å². The maximum Gasteiger partial charge on any atom is 0.328 e. The first-order chi connectivity index (χ1) is 14.9. The highest BCUT2D eigenvalue weighted by molar-refractivity contribution is 6.08. The van der Waals surface area contributed by atoms with E-state index in [1.165, 1.54) is 22.1 Å². The molecule has 3 heterocycles. The fourth-order valence-electron chi connectivity index (χ4n) is 4.64. The van der Waals surface area contributed by atoms with Crippen molar-refractivity contribution in [3.8, 4) is 0 Å². The van der Waals surface area contributed by atoms with Crippen LogP contribution in [0.3, 0.4) is 0 Å². The van der Waals surface area contributed by atoms with Gasteiger partial charge in [-0.3, -0.25) is 9.69 Å². The average Bonchev–Trinajstić information content (AvgIpc) is 3.32. The highest BCUT2D eigenvalue weighted by Crippen LogP contribution is 2.35. The minimum atomic E-state index is -0.598. The van der Waals surface area contributed by atoms with E-state index in [1.807, 2.05) is 11.0 Å². The summed E-state index contributed by atoms with van der Waals surface area (Å²) in [6.07, 6.45) is -0.584. The number of fused-ring (bicyclic) bond motifs is 3. The number of halogens is 1. The molecule has 2 unspecified atom stereocenters. The Morgan fingerprint density at radius 2 is 1.84 bits per heavy atom. The summed E-state index contributed by atoms with van der Waals surface area (Å²) in [6.45, 7) is 5.40. The van der Waals surface area contributed by atoms with Crippen LogP contribution in [0.25, 0.3) is 0 Å². The van der Waals surface area contributed by atoms with E-state index >= 15 is 0 Å². The van der Waals surface area contributed by atoms with E-state index in [0.29, 0.717) is 24.6 Å². The molecule has 0 spiro atoms. The number of rotatable bonds is 3. The molecule has 3 aliphatic rings. The zero-order valence-corrected chi connectivity index (χ0v) is 17.7. The summed E-state index contributed by atoms with van der Waals surface area (Å²) in [5.41, 5.74) is 3.73. The van der Waals surface area contributed by atoms with Crippen molar-refractivity contribution in [1.82, 2.24) is 14.7 Å². The van der Waals surface area contributed by atoms with Gasteiger partial charge in [-0.05, 0) is 37.1 Å². The number of urea groups is 1. The van der Waals surface area contributed by atoms with Gasteiger partial charge in [-0.2, -0.15) is 0 Å². The second-order valence-corrected chi connectivity index (χ2v) is 8.26. The zero-order valence-electron chi connectivity index (χ0n) is 17.7. The standard InChI is InChI=1S/C23H24FN5O2/c1-14-7-6-10-18(15(14)2)27-11-12-28-19-20(25-22(27)28)26(3)23(31)29(21(19)30)13-16-8-4-5-9-17(16)24/h4-10,19-20H,11-13H2,1-3H3. The maximum absolute atomic E-state index is 14.2. The number of amides is 3. The molecular weight excluding hydrogens is 397 g/mol. The average molecular weight is 421 g/mol. The Morgan fingerprint density at radius 1 is 1.06 bits per heavy atom. The maximum atomic E-state index is 14.2. The van der Waals surface area contributed by atoms with E-state index in [-0.39, 0.29) is 12.5 Å². The molecule has 0 radical (unpaired) electrons. The number of imide groups is 1. The minimum Gasteiger partial charge on any atom is -0.325 e. The molecule has 2 aromatic rings. The van der Waals surface area contributed by atoms with E-state index in [0.717, 1.165) is 10.6 Å². The van der Waals surface area contributed by atoms with E-state index in [1.54, 1.807) is 25.2 Å². The highest BCUT2D eigenvalue weighted by atomic mass is 19.1. The fourth-order valence-corrected chi connectivity index (χ4v) is 4.64. The molecule has 0 bridgehead atoms. The van der Waals surface area contributed by atoms with Crippen LogP contribution in [0.15, 0.2) is 47.5 Å². The second kappa shape index (κ2) is 7.08. The lowest BCUT2D eigenvalue weighted by atomic mass is 10.1. The Bertz CT molecular complexity index is 1120. The SMILES string of the molecule is Cc1cccc(N2CCN3C2=NC2C3C(=O)N(Cc3ccccc3F)C(=O)N2C)c1C. The number of guanidine groups is 1. The Balaban J connectivity index is 1.47. The third-order valence-corrected chi connectivity index (χ3v) is 6.53. The number of nitrogens with zero attached hydrogens (tertiary/aromatic N) is 5. The topological polar surface area (TPSA) is 59.5 Å². The Morgan fingerprint density at radius 3 is 2.61 bits per heavy atom. The molecule has 2 saturated heterocycles. The number of aliphatic imine (C=N–C) groups is 1. The summed E-state index contributed by atoms with van der Waals surface area (Å²) >= 11 is 0. The van der Waals surface area contributed by atoms with Gasteiger partial charge in [0, 0.05) is 31.4 Å². The predicted octanol–water partition coefficient (Wildman–Crippen LogP) is 2.72. The van der Waals surface area contributed by atoms with Crippen LogP contribution in [0.2, 0.25) is 0 Å². The summed E-state index contributed by atoms with van der Waals surface area (Å²) < 4.78 is 14.2. The number of carbonyl (C=O) groups is 2. The van der Waals surface area contributed by atoms with Crippen LogP contribution in [0.4, 0.5) is 14.9 Å². The summed E-state index contributed by atoms with van der Waals surface area (Å²) in [4.78, 5) is 37.9. The van der Waals surface area contributed by atoms with Crippen molar-refractivity contribution in [2.45, 2.75) is 32.6 Å². The van der Waals surface area contributed by atoms with Gasteiger partial charge in [0.05, 0.1) is 6.54 Å². The van der Waals surface area contributed by atoms with Gasteiger partial charge in [-0.1, -0.05) is 30.3 Å². The van der Waals surface area contributed by atoms with Crippen LogP contribution in [0.1, 0.15) is 16.7 Å². The van der Waals surface area contributed by atoms with Gasteiger partial charge >= 0.3 is 6.03 Å². The second-order valence-electron chi connectivity index (χ2n) is 8.26. The molecular formula is C23H24FN5O2. The van der Waals surface area contributed by atoms with Crippen LogP contribution in [0, 0.1) is 19.7 Å². The number of anilines is 1. The van der Waals surface area contributed by atoms with Crippen molar-refractivity contribution in [3.05, 3.63) is 65.0 Å². The van der Waals surface area contributed by atoms with Gasteiger partial charge in [0.25, 0.3) is 5.91 Å². The Kier molecular flexibility index (Phi) is 4.46. The quantitative estimate of drug-likeness (QED) is 0.765. The lowest BCUT2D eigenvalue weighted by Gasteiger charge is -2.40. The number of hydrogen-bond donors (Lipinski definition) is 0. The molecule has 5 rings (SSSR count). The molecule has 2 aromatic carbocycles. The molecule has 31 heavy (non-hydrogen) atoms. The van der Waals surface area contributed by atoms with Gasteiger partial charge in [-0.15, -0.1) is 0 Å². The number of likely N-dealkylation sites (N-methyl/N-ethyl adjacent to an activating group) is 1. The summed E-state index contributed by atoms with van der Waals surface area (Å²) in [6, 6.07) is 11.3. The minimum absolute atomic E-state index is 0.0955. The molecule has 3 aliphatic heterocycles. The molecule has 3 amide bonds. The van der Waals surface area contributed by atoms with Crippen molar-refractivity contribution in [3.63, 3.8) is 0 Å². The first-order valence-corrected chi connectivity index (χ1v) is 10.4. The molecule has 2 fully saturated rings. The van der Waals surface area contributed by atoms with Gasteiger partial charge in [-0.25, -0.2) is 14.2 Å². The van der Waals surface area contributed by atoms with Gasteiger partial charge in [0.1, 0.15) is 5.82 Å². The van der Waals surface area contributed by atoms with Crippen LogP contribution in [-0.2, 0) is 11.3 Å². The largest absolute Gasteiger partial charge is 0.328 e. The first-order valence-electron chi connectivity index (χ1n) is 10.4. The zero-order chi connectivity index (χ0) is 21.9. The number of hydrogen-bond acceptors (Lipinski definition) is 5. The highest BCUT2D eigenvalue weighted by Gasteiger charge is 2.54. The molecule has 8 heteroatoms. The number of carbonyl (C=O) groups excluding carboxylic acids is 2. The number of aryl methyl sites for hydroxylation is 1. The lowest BCUT2D eigenvalue weighted by Crippen LogP contribution is -2.64. The predicted molar refractivity (Wildman–Crippen MR) is 115 cm³/mol. The van der Waals surface area contributed by atoms with E-state index in [4.69, 9.17) is 4.99 Å². The van der Waals surface area contributed by atoms with Gasteiger partial charge in [0.2, 0.25) is 5.96 Å². The Labute approximate surface area is 180 Å². The van der Waals surface area contributed by atoms with Crippen molar-refractivity contribution >= 4 is 23.6 Å². The van der Waals surface area contributed by atoms with Crippen molar-refractivity contribution in [2.75, 3.05) is 25.0 Å². The summed E-state index contributed by atoms with van der Waals surface area (Å²) in [5, 5.41) is 0. The molecule has 0 aromatic heterocycles. The normalized spacial score (nSPS) is 22.8. The molecule has 7 nitrogen and oxygen atoms in total. The van der Waals surface area contributed by atoms with Crippen LogP contribution in [0.5, 0.6) is 0 Å². The third kappa shape index (κ3) is 2.89. The molecule has 0 N–H and O–H groups in total. The van der Waals surface area contributed by atoms with E-state index in [2.05, 4.69) is 30.9 Å².